The largest absolute Gasteiger partial charge is 0.478 e. The van der Waals surface area contributed by atoms with Gasteiger partial charge in [-0.25, -0.2) is 9.78 Å². The number of aromatic nitrogens is 1. The fraction of sp³-hybridized carbons (Fsp3) is 0.500. The van der Waals surface area contributed by atoms with Crippen molar-refractivity contribution in [2.75, 3.05) is 5.32 Å². The number of aryl methyl sites for hydroxylation is 1. The Balaban J connectivity index is 0.00000144. The first-order valence-electron chi connectivity index (χ1n) is 5.54. The predicted octanol–water partition coefficient (Wildman–Crippen LogP) is 2.73. The van der Waals surface area contributed by atoms with Crippen molar-refractivity contribution in [1.82, 2.24) is 4.98 Å². The van der Waals surface area contributed by atoms with Crippen LogP contribution in [0.4, 0.5) is 5.82 Å². The van der Waals surface area contributed by atoms with Gasteiger partial charge in [-0.2, -0.15) is 0 Å². The van der Waals surface area contributed by atoms with Crippen LogP contribution in [-0.4, -0.2) is 21.6 Å². The van der Waals surface area contributed by atoms with Crippen LogP contribution >= 0.6 is 12.4 Å². The number of hydrogen-bond acceptors (Lipinski definition) is 3. The highest BCUT2D eigenvalue weighted by Gasteiger charge is 2.28. The Labute approximate surface area is 107 Å². The van der Waals surface area contributed by atoms with E-state index in [1.165, 1.54) is 6.20 Å². The van der Waals surface area contributed by atoms with Crippen molar-refractivity contribution in [3.63, 3.8) is 0 Å². The smallest absolute Gasteiger partial charge is 0.337 e. The predicted molar refractivity (Wildman–Crippen MR) is 69.1 cm³/mol. The summed E-state index contributed by atoms with van der Waals surface area (Å²) in [7, 11) is 0. The molecule has 0 fully saturated rings. The molecule has 1 aromatic heterocycles. The lowest BCUT2D eigenvalue weighted by molar-refractivity contribution is 0.0696. The standard InChI is InChI=1S/C12H16N2O2.ClH/c1-3-12(2)5-4-8-6-9(11(15)16)7-13-10(8)14-12;/h6-7H,3-5H2,1-2H3,(H,13,14)(H,15,16);1H. The van der Waals surface area contributed by atoms with Crippen LogP contribution in [0.2, 0.25) is 0 Å². The highest BCUT2D eigenvalue weighted by molar-refractivity contribution is 5.87. The lowest BCUT2D eigenvalue weighted by Crippen LogP contribution is -2.38. The third-order valence-corrected chi connectivity index (χ3v) is 3.36. The monoisotopic (exact) mass is 256 g/mol. The minimum Gasteiger partial charge on any atom is -0.478 e. The van der Waals surface area contributed by atoms with Gasteiger partial charge in [0.05, 0.1) is 5.56 Å². The third kappa shape index (κ3) is 2.69. The van der Waals surface area contributed by atoms with Gasteiger partial charge in [0.1, 0.15) is 5.82 Å². The zero-order chi connectivity index (χ0) is 11.8. The molecule has 17 heavy (non-hydrogen) atoms. The number of carbonyl (C=O) groups is 1. The number of nitrogens with one attached hydrogen (secondary N) is 1. The summed E-state index contributed by atoms with van der Waals surface area (Å²) in [6.07, 6.45) is 4.35. The van der Waals surface area contributed by atoms with Gasteiger partial charge < -0.3 is 10.4 Å². The molecule has 94 valence electrons. The Morgan fingerprint density at radius 2 is 2.35 bits per heavy atom. The highest BCUT2D eigenvalue weighted by Crippen LogP contribution is 2.31. The summed E-state index contributed by atoms with van der Waals surface area (Å²) < 4.78 is 0. The molecule has 0 saturated carbocycles. The molecule has 2 N–H and O–H groups in total. The molecule has 2 rings (SSSR count). The topological polar surface area (TPSA) is 62.2 Å². The average molecular weight is 257 g/mol. The Bertz CT molecular complexity index is 437. The van der Waals surface area contributed by atoms with Crippen LogP contribution < -0.4 is 5.32 Å². The molecule has 0 aromatic carbocycles. The number of halogens is 1. The first-order chi connectivity index (χ1) is 7.54. The fourth-order valence-corrected chi connectivity index (χ4v) is 1.95. The molecule has 0 spiro atoms. The molecule has 0 aliphatic carbocycles. The van der Waals surface area contributed by atoms with E-state index in [9.17, 15) is 4.79 Å². The van der Waals surface area contributed by atoms with Gasteiger partial charge in [0, 0.05) is 11.7 Å². The van der Waals surface area contributed by atoms with Gasteiger partial charge in [-0.3, -0.25) is 0 Å². The number of hydrogen-bond donors (Lipinski definition) is 2. The number of fused-ring (bicyclic) bond motifs is 1. The van der Waals surface area contributed by atoms with Gasteiger partial charge in [0.15, 0.2) is 0 Å². The third-order valence-electron chi connectivity index (χ3n) is 3.36. The average Bonchev–Trinajstić information content (AvgIpc) is 2.28. The van der Waals surface area contributed by atoms with Crippen molar-refractivity contribution in [3.05, 3.63) is 23.4 Å². The van der Waals surface area contributed by atoms with Crippen LogP contribution in [-0.2, 0) is 6.42 Å². The fourth-order valence-electron chi connectivity index (χ4n) is 1.95. The van der Waals surface area contributed by atoms with Crippen LogP contribution in [0.15, 0.2) is 12.3 Å². The number of rotatable bonds is 2. The van der Waals surface area contributed by atoms with E-state index >= 15 is 0 Å². The number of pyridine rings is 1. The van der Waals surface area contributed by atoms with Gasteiger partial charge in [-0.1, -0.05) is 6.92 Å². The zero-order valence-corrected chi connectivity index (χ0v) is 10.8. The Kier molecular flexibility index (Phi) is 3.98. The van der Waals surface area contributed by atoms with Crippen molar-refractivity contribution in [3.8, 4) is 0 Å². The van der Waals surface area contributed by atoms with Gasteiger partial charge in [0.2, 0.25) is 0 Å². The maximum Gasteiger partial charge on any atom is 0.337 e. The molecule has 5 heteroatoms. The molecule has 1 atom stereocenters. The van der Waals surface area contributed by atoms with Crippen molar-refractivity contribution in [1.29, 1.82) is 0 Å². The van der Waals surface area contributed by atoms with Crippen LogP contribution in [0.1, 0.15) is 42.6 Å². The minimum atomic E-state index is -0.917. The van der Waals surface area contributed by atoms with Crippen LogP contribution in [0.25, 0.3) is 0 Å². The van der Waals surface area contributed by atoms with E-state index in [0.29, 0.717) is 0 Å². The lowest BCUT2D eigenvalue weighted by Gasteiger charge is -2.35. The van der Waals surface area contributed by atoms with E-state index in [1.54, 1.807) is 6.07 Å². The molecule has 0 radical (unpaired) electrons. The molecule has 4 nitrogen and oxygen atoms in total. The van der Waals surface area contributed by atoms with Crippen molar-refractivity contribution in [2.24, 2.45) is 0 Å². The van der Waals surface area contributed by atoms with Crippen LogP contribution in [0, 0.1) is 0 Å². The number of carboxylic acid groups (broad SMARTS) is 1. The Hall–Kier alpha value is -1.29. The molecule has 0 bridgehead atoms. The van der Waals surface area contributed by atoms with Crippen LogP contribution in [0.5, 0.6) is 0 Å². The number of anilines is 1. The van der Waals surface area contributed by atoms with Gasteiger partial charge in [0.25, 0.3) is 0 Å². The normalized spacial score (nSPS) is 22.0. The van der Waals surface area contributed by atoms with E-state index in [2.05, 4.69) is 24.1 Å². The molecule has 1 aliphatic heterocycles. The van der Waals surface area contributed by atoms with E-state index < -0.39 is 5.97 Å². The van der Waals surface area contributed by atoms with Crippen molar-refractivity contribution < 1.29 is 9.90 Å². The number of aromatic carboxylic acids is 1. The number of carboxylic acids is 1. The second-order valence-electron chi connectivity index (χ2n) is 4.58. The summed E-state index contributed by atoms with van der Waals surface area (Å²) >= 11 is 0. The number of nitrogens with zero attached hydrogens (tertiary/aromatic N) is 1. The quantitative estimate of drug-likeness (QED) is 0.854. The Morgan fingerprint density at radius 1 is 1.65 bits per heavy atom. The summed E-state index contributed by atoms with van der Waals surface area (Å²) in [6.45, 7) is 4.31. The zero-order valence-electron chi connectivity index (χ0n) is 9.99. The maximum atomic E-state index is 10.8. The summed E-state index contributed by atoms with van der Waals surface area (Å²) in [5, 5.41) is 12.3. The molecule has 0 amide bonds. The highest BCUT2D eigenvalue weighted by atomic mass is 35.5. The van der Waals surface area contributed by atoms with Crippen molar-refractivity contribution >= 4 is 24.2 Å². The Morgan fingerprint density at radius 3 is 2.94 bits per heavy atom. The van der Waals surface area contributed by atoms with Crippen molar-refractivity contribution in [2.45, 2.75) is 38.6 Å². The van der Waals surface area contributed by atoms with Gasteiger partial charge in [-0.05, 0) is 37.8 Å². The van der Waals surface area contributed by atoms with E-state index in [1.807, 2.05) is 0 Å². The molecular formula is C12H17ClN2O2. The van der Waals surface area contributed by atoms with E-state index in [4.69, 9.17) is 5.11 Å². The molecule has 1 unspecified atom stereocenters. The summed E-state index contributed by atoms with van der Waals surface area (Å²) in [6, 6.07) is 1.72. The van der Waals surface area contributed by atoms with Crippen LogP contribution in [0.3, 0.4) is 0 Å². The first-order valence-corrected chi connectivity index (χ1v) is 5.54. The molecular weight excluding hydrogens is 240 g/mol. The second kappa shape index (κ2) is 4.92. The van der Waals surface area contributed by atoms with Gasteiger partial charge in [-0.15, -0.1) is 12.4 Å². The van der Waals surface area contributed by atoms with E-state index in [0.717, 1.165) is 30.6 Å². The summed E-state index contributed by atoms with van der Waals surface area (Å²) in [5.41, 5.74) is 1.36. The van der Waals surface area contributed by atoms with E-state index in [-0.39, 0.29) is 23.5 Å². The molecule has 1 aromatic rings. The summed E-state index contributed by atoms with van der Waals surface area (Å²) in [5.74, 6) is -0.0836. The maximum absolute atomic E-state index is 10.8. The van der Waals surface area contributed by atoms with Gasteiger partial charge >= 0.3 is 5.97 Å². The first kappa shape index (κ1) is 13.8. The SMILES string of the molecule is CCC1(C)CCc2cc(C(=O)O)cnc2N1.Cl. The minimum absolute atomic E-state index is 0. The summed E-state index contributed by atoms with van der Waals surface area (Å²) in [4.78, 5) is 15.0. The molecule has 1 aliphatic rings. The molecule has 0 saturated heterocycles. The lowest BCUT2D eigenvalue weighted by atomic mass is 9.87. The molecule has 2 heterocycles. The second-order valence-corrected chi connectivity index (χ2v) is 4.58.